The van der Waals surface area contributed by atoms with Gasteiger partial charge in [0.05, 0.1) is 11.4 Å². The molecule has 1 aliphatic heterocycles. The topological polar surface area (TPSA) is 105 Å². The van der Waals surface area contributed by atoms with Crippen molar-refractivity contribution in [2.75, 3.05) is 23.3 Å². The van der Waals surface area contributed by atoms with Gasteiger partial charge in [-0.25, -0.2) is 0 Å². The molecule has 1 atom stereocenters. The van der Waals surface area contributed by atoms with Crippen molar-refractivity contribution in [1.29, 1.82) is 0 Å². The third-order valence-electron chi connectivity index (χ3n) is 4.57. The van der Waals surface area contributed by atoms with E-state index < -0.39 is 6.04 Å². The van der Waals surface area contributed by atoms with Crippen LogP contribution in [0.1, 0.15) is 45.0 Å². The molecule has 1 aromatic rings. The third kappa shape index (κ3) is 4.04. The number of rotatable bonds is 5. The van der Waals surface area contributed by atoms with Gasteiger partial charge >= 0.3 is 0 Å². The maximum absolute atomic E-state index is 12.5. The first kappa shape index (κ1) is 19.9. The number of nitrogens with one attached hydrogen (secondary N) is 2. The molecule has 26 heavy (non-hydrogen) atoms. The van der Waals surface area contributed by atoms with Crippen molar-refractivity contribution in [2.24, 2.45) is 17.1 Å². The molecule has 0 spiro atoms. The molecule has 0 aliphatic carbocycles. The maximum atomic E-state index is 12.5. The first-order chi connectivity index (χ1) is 12.1. The van der Waals surface area contributed by atoms with E-state index in [1.807, 2.05) is 27.7 Å². The number of fused-ring (bicyclic) bond motifs is 1. The number of anilines is 2. The summed E-state index contributed by atoms with van der Waals surface area (Å²) in [4.78, 5) is 38.5. The largest absolute Gasteiger partial charge is 0.351 e. The van der Waals surface area contributed by atoms with E-state index in [2.05, 4.69) is 10.6 Å². The highest BCUT2D eigenvalue weighted by molar-refractivity contribution is 6.12. The Bertz CT molecular complexity index is 727. The zero-order valence-corrected chi connectivity index (χ0v) is 16.1. The molecule has 1 aliphatic rings. The molecular formula is C19H28N4O3. The lowest BCUT2D eigenvalue weighted by molar-refractivity contribution is -0.123. The van der Waals surface area contributed by atoms with Crippen LogP contribution in [0.3, 0.4) is 0 Å². The summed E-state index contributed by atoms with van der Waals surface area (Å²) in [6.45, 7) is 10.1. The van der Waals surface area contributed by atoms with Gasteiger partial charge in [0, 0.05) is 19.0 Å². The van der Waals surface area contributed by atoms with Gasteiger partial charge in [-0.3, -0.25) is 19.3 Å². The lowest BCUT2D eigenvalue weighted by atomic mass is 9.93. The smallest absolute Gasteiger partial charge is 0.251 e. The van der Waals surface area contributed by atoms with Gasteiger partial charge in [-0.05, 0) is 36.1 Å². The molecule has 0 saturated heterocycles. The second-order valence-electron chi connectivity index (χ2n) is 7.85. The summed E-state index contributed by atoms with van der Waals surface area (Å²) in [6, 6.07) is 4.40. The van der Waals surface area contributed by atoms with Crippen LogP contribution in [-0.2, 0) is 9.59 Å². The fourth-order valence-electron chi connectivity index (χ4n) is 2.92. The predicted octanol–water partition coefficient (Wildman–Crippen LogP) is 1.73. The van der Waals surface area contributed by atoms with Crippen LogP contribution in [0.4, 0.5) is 11.4 Å². The van der Waals surface area contributed by atoms with E-state index in [1.165, 1.54) is 11.8 Å². The number of carbonyl (C=O) groups excluding carboxylic acids is 3. The molecular weight excluding hydrogens is 332 g/mol. The summed E-state index contributed by atoms with van der Waals surface area (Å²) in [6.07, 6.45) is 0. The molecule has 0 aromatic heterocycles. The summed E-state index contributed by atoms with van der Waals surface area (Å²) in [7, 11) is 0. The Morgan fingerprint density at radius 2 is 2.00 bits per heavy atom. The first-order valence-corrected chi connectivity index (χ1v) is 8.80. The van der Waals surface area contributed by atoms with Crippen LogP contribution in [0.15, 0.2) is 18.2 Å². The highest BCUT2D eigenvalue weighted by Crippen LogP contribution is 2.35. The number of amides is 3. The molecule has 4 N–H and O–H groups in total. The van der Waals surface area contributed by atoms with Crippen LogP contribution in [0.25, 0.3) is 0 Å². The summed E-state index contributed by atoms with van der Waals surface area (Å²) in [5.41, 5.74) is 6.97. The molecule has 1 heterocycles. The van der Waals surface area contributed by atoms with Crippen LogP contribution in [-0.4, -0.2) is 36.9 Å². The van der Waals surface area contributed by atoms with Gasteiger partial charge in [0.1, 0.15) is 6.04 Å². The summed E-state index contributed by atoms with van der Waals surface area (Å²) >= 11 is 0. The number of nitrogens with zero attached hydrogens (tertiary/aromatic N) is 1. The molecule has 3 amide bonds. The standard InChI is InChI=1S/C19H28N4O3/c1-11(2)16-18(26)22-14-8-13(6-7-15(14)23(16)12(3)24)17(25)21-10-19(4,5)9-20/h6-8,11,16H,9-10,20H2,1-5H3,(H,21,25)(H,22,26). The average Bonchev–Trinajstić information content (AvgIpc) is 2.57. The van der Waals surface area contributed by atoms with Crippen molar-refractivity contribution in [1.82, 2.24) is 5.32 Å². The Morgan fingerprint density at radius 1 is 1.35 bits per heavy atom. The van der Waals surface area contributed by atoms with Gasteiger partial charge in [0.2, 0.25) is 11.8 Å². The van der Waals surface area contributed by atoms with E-state index in [0.717, 1.165) is 0 Å². The van der Waals surface area contributed by atoms with Gasteiger partial charge in [-0.2, -0.15) is 0 Å². The summed E-state index contributed by atoms with van der Waals surface area (Å²) in [5, 5.41) is 5.68. The Kier molecular flexibility index (Phi) is 5.71. The van der Waals surface area contributed by atoms with E-state index >= 15 is 0 Å². The van der Waals surface area contributed by atoms with Crippen LogP contribution >= 0.6 is 0 Å². The Balaban J connectivity index is 2.30. The second-order valence-corrected chi connectivity index (χ2v) is 7.85. The van der Waals surface area contributed by atoms with Crippen molar-refractivity contribution >= 4 is 29.1 Å². The monoisotopic (exact) mass is 360 g/mol. The van der Waals surface area contributed by atoms with E-state index in [9.17, 15) is 14.4 Å². The van der Waals surface area contributed by atoms with Crippen LogP contribution in [0.2, 0.25) is 0 Å². The highest BCUT2D eigenvalue weighted by atomic mass is 16.2. The lowest BCUT2D eigenvalue weighted by Gasteiger charge is -2.38. The Hall–Kier alpha value is -2.41. The number of carbonyl (C=O) groups is 3. The number of benzene rings is 1. The number of hydrogen-bond donors (Lipinski definition) is 3. The van der Waals surface area contributed by atoms with Crippen molar-refractivity contribution in [3.05, 3.63) is 23.8 Å². The molecule has 1 aromatic carbocycles. The quantitative estimate of drug-likeness (QED) is 0.744. The van der Waals surface area contributed by atoms with Gasteiger partial charge in [0.25, 0.3) is 5.91 Å². The molecule has 0 saturated carbocycles. The molecule has 7 heteroatoms. The molecule has 0 fully saturated rings. The van der Waals surface area contributed by atoms with Gasteiger partial charge in [-0.1, -0.05) is 27.7 Å². The molecule has 142 valence electrons. The van der Waals surface area contributed by atoms with Crippen LogP contribution < -0.4 is 21.3 Å². The third-order valence-corrected chi connectivity index (χ3v) is 4.57. The minimum Gasteiger partial charge on any atom is -0.351 e. The maximum Gasteiger partial charge on any atom is 0.251 e. The van der Waals surface area contributed by atoms with Gasteiger partial charge < -0.3 is 16.4 Å². The van der Waals surface area contributed by atoms with Crippen molar-refractivity contribution in [3.63, 3.8) is 0 Å². The van der Waals surface area contributed by atoms with Gasteiger partial charge in [-0.15, -0.1) is 0 Å². The molecule has 2 rings (SSSR count). The predicted molar refractivity (Wildman–Crippen MR) is 102 cm³/mol. The zero-order chi connectivity index (χ0) is 19.6. The summed E-state index contributed by atoms with van der Waals surface area (Å²) < 4.78 is 0. The Labute approximate surface area is 154 Å². The minimum atomic E-state index is -0.565. The average molecular weight is 360 g/mol. The fourth-order valence-corrected chi connectivity index (χ4v) is 2.92. The number of nitrogens with two attached hydrogens (primary N) is 1. The highest BCUT2D eigenvalue weighted by Gasteiger charge is 2.37. The fraction of sp³-hybridized carbons (Fsp3) is 0.526. The zero-order valence-electron chi connectivity index (χ0n) is 16.1. The van der Waals surface area contributed by atoms with E-state index in [-0.39, 0.29) is 29.1 Å². The molecule has 7 nitrogen and oxygen atoms in total. The Morgan fingerprint density at radius 3 is 2.54 bits per heavy atom. The normalized spacial score (nSPS) is 17.0. The van der Waals surface area contributed by atoms with Crippen molar-refractivity contribution in [3.8, 4) is 0 Å². The van der Waals surface area contributed by atoms with Crippen LogP contribution in [0, 0.1) is 11.3 Å². The summed E-state index contributed by atoms with van der Waals surface area (Å²) in [5.74, 6) is -0.733. The van der Waals surface area contributed by atoms with Crippen molar-refractivity contribution < 1.29 is 14.4 Å². The minimum absolute atomic E-state index is 0.0338. The molecule has 1 unspecified atom stereocenters. The number of hydrogen-bond acceptors (Lipinski definition) is 4. The van der Waals surface area contributed by atoms with E-state index in [0.29, 0.717) is 30.0 Å². The lowest BCUT2D eigenvalue weighted by Crippen LogP contribution is -2.53. The van der Waals surface area contributed by atoms with E-state index in [4.69, 9.17) is 5.73 Å². The SMILES string of the molecule is CC(=O)N1c2ccc(C(=O)NCC(C)(C)CN)cc2NC(=O)C1C(C)C. The van der Waals surface area contributed by atoms with Gasteiger partial charge in [0.15, 0.2) is 0 Å². The second kappa shape index (κ2) is 7.45. The molecule has 0 bridgehead atoms. The first-order valence-electron chi connectivity index (χ1n) is 8.80. The molecule has 0 radical (unpaired) electrons. The van der Waals surface area contributed by atoms with Crippen LogP contribution in [0.5, 0.6) is 0 Å². The van der Waals surface area contributed by atoms with E-state index in [1.54, 1.807) is 18.2 Å². The van der Waals surface area contributed by atoms with Crippen molar-refractivity contribution in [2.45, 2.75) is 40.7 Å².